The van der Waals surface area contributed by atoms with Crippen molar-refractivity contribution in [3.8, 4) is 0 Å². The molecule has 1 fully saturated rings. The van der Waals surface area contributed by atoms with Crippen molar-refractivity contribution in [2.45, 2.75) is 25.5 Å². The van der Waals surface area contributed by atoms with Crippen molar-refractivity contribution >= 4 is 11.4 Å². The first-order valence-electron chi connectivity index (χ1n) is 5.38. The molecule has 0 spiro atoms. The molecule has 1 aliphatic rings. The van der Waals surface area contributed by atoms with E-state index in [-0.39, 0.29) is 11.9 Å². The van der Waals surface area contributed by atoms with Crippen LogP contribution in [0, 0.1) is 10.1 Å². The van der Waals surface area contributed by atoms with E-state index in [1.807, 2.05) is 0 Å². The number of nitro benzene ring substituents is 1. The molecule has 0 amide bonds. The molecule has 1 heterocycles. The normalized spacial score (nSPS) is 20.4. The van der Waals surface area contributed by atoms with E-state index in [1.54, 1.807) is 12.1 Å². The Bertz CT molecular complexity index is 358. The molecule has 0 aromatic heterocycles. The van der Waals surface area contributed by atoms with E-state index in [9.17, 15) is 10.1 Å². The van der Waals surface area contributed by atoms with Gasteiger partial charge in [0.2, 0.25) is 0 Å². The average Bonchev–Trinajstić information content (AvgIpc) is 2.31. The van der Waals surface area contributed by atoms with Gasteiger partial charge in [-0.3, -0.25) is 10.1 Å². The van der Waals surface area contributed by atoms with Crippen LogP contribution in [0.5, 0.6) is 0 Å². The van der Waals surface area contributed by atoms with Gasteiger partial charge in [-0.05, 0) is 31.4 Å². The number of rotatable bonds is 3. The SMILES string of the molecule is O=[N+]([O-])c1ccc(NC2CCCCO2)cc1. The summed E-state index contributed by atoms with van der Waals surface area (Å²) in [5.74, 6) is 0. The van der Waals surface area contributed by atoms with E-state index in [0.717, 1.165) is 31.6 Å². The predicted molar refractivity (Wildman–Crippen MR) is 60.3 cm³/mol. The van der Waals surface area contributed by atoms with Crippen molar-refractivity contribution < 1.29 is 9.66 Å². The minimum absolute atomic E-state index is 0.0372. The Morgan fingerprint density at radius 1 is 1.31 bits per heavy atom. The van der Waals surface area contributed by atoms with Gasteiger partial charge < -0.3 is 10.1 Å². The molecule has 86 valence electrons. The topological polar surface area (TPSA) is 64.4 Å². The molecule has 1 aliphatic heterocycles. The lowest BCUT2D eigenvalue weighted by Crippen LogP contribution is -2.27. The van der Waals surface area contributed by atoms with E-state index in [2.05, 4.69) is 5.32 Å². The Balaban J connectivity index is 1.96. The molecular weight excluding hydrogens is 208 g/mol. The average molecular weight is 222 g/mol. The van der Waals surface area contributed by atoms with Crippen LogP contribution >= 0.6 is 0 Å². The molecule has 0 bridgehead atoms. The third-order valence-electron chi connectivity index (χ3n) is 2.59. The summed E-state index contributed by atoms with van der Waals surface area (Å²) in [5, 5.41) is 13.7. The summed E-state index contributed by atoms with van der Waals surface area (Å²) < 4.78 is 5.51. The number of nitro groups is 1. The first kappa shape index (κ1) is 10.9. The van der Waals surface area contributed by atoms with Gasteiger partial charge in [0.05, 0.1) is 4.92 Å². The molecule has 5 heteroatoms. The first-order chi connectivity index (χ1) is 7.75. The van der Waals surface area contributed by atoms with Crippen LogP contribution in [0.1, 0.15) is 19.3 Å². The summed E-state index contributed by atoms with van der Waals surface area (Å²) in [6.45, 7) is 0.782. The van der Waals surface area contributed by atoms with E-state index in [4.69, 9.17) is 4.74 Å². The van der Waals surface area contributed by atoms with Gasteiger partial charge in [0.1, 0.15) is 6.23 Å². The molecule has 0 radical (unpaired) electrons. The summed E-state index contributed by atoms with van der Waals surface area (Å²) in [5.41, 5.74) is 0.965. The van der Waals surface area contributed by atoms with E-state index >= 15 is 0 Å². The fraction of sp³-hybridized carbons (Fsp3) is 0.455. The van der Waals surface area contributed by atoms with Gasteiger partial charge in [-0.2, -0.15) is 0 Å². The van der Waals surface area contributed by atoms with Crippen LogP contribution < -0.4 is 5.32 Å². The van der Waals surface area contributed by atoms with Crippen molar-refractivity contribution in [1.29, 1.82) is 0 Å². The molecule has 5 nitrogen and oxygen atoms in total. The fourth-order valence-electron chi connectivity index (χ4n) is 1.72. The molecule has 1 saturated heterocycles. The maximum atomic E-state index is 10.5. The van der Waals surface area contributed by atoms with Gasteiger partial charge in [-0.25, -0.2) is 0 Å². The minimum atomic E-state index is -0.402. The van der Waals surface area contributed by atoms with Crippen LogP contribution in [0.15, 0.2) is 24.3 Å². The highest BCUT2D eigenvalue weighted by atomic mass is 16.6. The van der Waals surface area contributed by atoms with Crippen molar-refractivity contribution in [3.63, 3.8) is 0 Å². The number of hydrogen-bond donors (Lipinski definition) is 1. The zero-order valence-corrected chi connectivity index (χ0v) is 8.89. The summed E-state index contributed by atoms with van der Waals surface area (Å²) >= 11 is 0. The summed E-state index contributed by atoms with van der Waals surface area (Å²) in [6.07, 6.45) is 3.29. The molecule has 1 N–H and O–H groups in total. The summed E-state index contributed by atoms with van der Waals surface area (Å²) in [6, 6.07) is 6.39. The smallest absolute Gasteiger partial charge is 0.269 e. The van der Waals surface area contributed by atoms with Crippen molar-refractivity contribution in [1.82, 2.24) is 0 Å². The van der Waals surface area contributed by atoms with Gasteiger partial charge in [0.25, 0.3) is 5.69 Å². The van der Waals surface area contributed by atoms with Gasteiger partial charge in [0.15, 0.2) is 0 Å². The van der Waals surface area contributed by atoms with Gasteiger partial charge in [-0.15, -0.1) is 0 Å². The van der Waals surface area contributed by atoms with Gasteiger partial charge >= 0.3 is 0 Å². The first-order valence-corrected chi connectivity index (χ1v) is 5.38. The van der Waals surface area contributed by atoms with Crippen LogP contribution in [0.3, 0.4) is 0 Å². The Morgan fingerprint density at radius 3 is 2.62 bits per heavy atom. The van der Waals surface area contributed by atoms with Crippen LogP contribution in [-0.4, -0.2) is 17.8 Å². The summed E-state index contributed by atoms with van der Waals surface area (Å²) in [7, 11) is 0. The van der Waals surface area contributed by atoms with Crippen molar-refractivity contribution in [2.24, 2.45) is 0 Å². The molecular formula is C11H14N2O3. The van der Waals surface area contributed by atoms with E-state index < -0.39 is 4.92 Å². The standard InChI is InChI=1S/C11H14N2O3/c14-13(15)10-6-4-9(5-7-10)12-11-3-1-2-8-16-11/h4-7,11-12H,1-3,8H2. The number of ether oxygens (including phenoxy) is 1. The molecule has 1 atom stereocenters. The fourth-order valence-corrected chi connectivity index (χ4v) is 1.72. The van der Waals surface area contributed by atoms with Gasteiger partial charge in [0, 0.05) is 24.4 Å². The van der Waals surface area contributed by atoms with Crippen molar-refractivity contribution in [2.75, 3.05) is 11.9 Å². The lowest BCUT2D eigenvalue weighted by molar-refractivity contribution is -0.384. The molecule has 1 aromatic rings. The van der Waals surface area contributed by atoms with Crippen LogP contribution in [0.25, 0.3) is 0 Å². The minimum Gasteiger partial charge on any atom is -0.360 e. The second kappa shape index (κ2) is 4.94. The largest absolute Gasteiger partial charge is 0.360 e. The highest BCUT2D eigenvalue weighted by Crippen LogP contribution is 2.19. The number of nitrogens with zero attached hydrogens (tertiary/aromatic N) is 1. The van der Waals surface area contributed by atoms with Crippen molar-refractivity contribution in [3.05, 3.63) is 34.4 Å². The van der Waals surface area contributed by atoms with E-state index in [0.29, 0.717) is 0 Å². The number of non-ortho nitro benzene ring substituents is 1. The van der Waals surface area contributed by atoms with Crippen LogP contribution in [0.4, 0.5) is 11.4 Å². The quantitative estimate of drug-likeness (QED) is 0.630. The number of anilines is 1. The lowest BCUT2D eigenvalue weighted by Gasteiger charge is -2.24. The highest BCUT2D eigenvalue weighted by molar-refractivity contribution is 5.48. The zero-order valence-electron chi connectivity index (χ0n) is 8.89. The Labute approximate surface area is 93.6 Å². The monoisotopic (exact) mass is 222 g/mol. The third kappa shape index (κ3) is 2.70. The molecule has 2 rings (SSSR count). The second-order valence-corrected chi connectivity index (χ2v) is 3.80. The zero-order chi connectivity index (χ0) is 11.4. The molecule has 0 saturated carbocycles. The number of benzene rings is 1. The number of hydrogen-bond acceptors (Lipinski definition) is 4. The van der Waals surface area contributed by atoms with Crippen LogP contribution in [0.2, 0.25) is 0 Å². The maximum Gasteiger partial charge on any atom is 0.269 e. The second-order valence-electron chi connectivity index (χ2n) is 3.80. The molecule has 16 heavy (non-hydrogen) atoms. The summed E-state index contributed by atoms with van der Waals surface area (Å²) in [4.78, 5) is 10.1. The van der Waals surface area contributed by atoms with Crippen LogP contribution in [-0.2, 0) is 4.74 Å². The van der Waals surface area contributed by atoms with Gasteiger partial charge in [-0.1, -0.05) is 0 Å². The maximum absolute atomic E-state index is 10.5. The lowest BCUT2D eigenvalue weighted by atomic mass is 10.2. The highest BCUT2D eigenvalue weighted by Gasteiger charge is 2.13. The predicted octanol–water partition coefficient (Wildman–Crippen LogP) is 2.53. The third-order valence-corrected chi connectivity index (χ3v) is 2.59. The Hall–Kier alpha value is -1.62. The Morgan fingerprint density at radius 2 is 2.06 bits per heavy atom. The number of nitrogens with one attached hydrogen (secondary N) is 1. The van der Waals surface area contributed by atoms with E-state index in [1.165, 1.54) is 12.1 Å². The molecule has 1 unspecified atom stereocenters. The molecule has 0 aliphatic carbocycles. The Kier molecular flexibility index (Phi) is 3.36. The molecule has 1 aromatic carbocycles.